The lowest BCUT2D eigenvalue weighted by atomic mass is 10.1. The third-order valence-corrected chi connectivity index (χ3v) is 3.20. The molecular formula is C17H26F2N4O2. The van der Waals surface area contributed by atoms with Crippen LogP contribution in [0.1, 0.15) is 31.4 Å². The molecule has 0 saturated heterocycles. The standard InChI is InChI=1S/C17H26F2N4O2/c1-11(2)23-15(24)7-8-21-17(20-4)22-10-13-9-12(3)5-6-14(13)25-16(18)19/h5-6,9,11,16H,7-8,10H2,1-4H3,(H,23,24)(H2,20,21,22). The van der Waals surface area contributed by atoms with Crippen LogP contribution in [0.25, 0.3) is 0 Å². The van der Waals surface area contributed by atoms with Crippen molar-refractivity contribution in [2.45, 2.75) is 46.4 Å². The second kappa shape index (κ2) is 10.5. The van der Waals surface area contributed by atoms with Gasteiger partial charge in [-0.3, -0.25) is 9.79 Å². The predicted octanol–water partition coefficient (Wildman–Crippen LogP) is 2.18. The number of benzene rings is 1. The first kappa shape index (κ1) is 20.7. The molecule has 0 aliphatic heterocycles. The van der Waals surface area contributed by atoms with Crippen LogP contribution in [0.4, 0.5) is 8.78 Å². The van der Waals surface area contributed by atoms with E-state index >= 15 is 0 Å². The Morgan fingerprint density at radius 1 is 1.28 bits per heavy atom. The Bertz CT molecular complexity index is 592. The van der Waals surface area contributed by atoms with Gasteiger partial charge in [-0.15, -0.1) is 0 Å². The molecule has 1 aromatic rings. The zero-order valence-corrected chi connectivity index (χ0v) is 15.0. The number of amides is 1. The number of nitrogens with one attached hydrogen (secondary N) is 3. The maximum Gasteiger partial charge on any atom is 0.387 e. The number of ether oxygens (including phenoxy) is 1. The van der Waals surface area contributed by atoms with Gasteiger partial charge < -0.3 is 20.7 Å². The van der Waals surface area contributed by atoms with Crippen molar-refractivity contribution in [3.63, 3.8) is 0 Å². The van der Waals surface area contributed by atoms with Crippen molar-refractivity contribution in [2.24, 2.45) is 4.99 Å². The molecule has 1 rings (SSSR count). The molecule has 140 valence electrons. The topological polar surface area (TPSA) is 74.8 Å². The molecule has 25 heavy (non-hydrogen) atoms. The molecule has 1 amide bonds. The number of guanidine groups is 1. The SMILES string of the molecule is CN=C(NCCC(=O)NC(C)C)NCc1cc(C)ccc1OC(F)F. The Kier molecular flexibility index (Phi) is 8.66. The Labute approximate surface area is 147 Å². The highest BCUT2D eigenvalue weighted by molar-refractivity contribution is 5.81. The number of hydrogen-bond acceptors (Lipinski definition) is 3. The quantitative estimate of drug-likeness (QED) is 0.493. The molecule has 0 heterocycles. The van der Waals surface area contributed by atoms with Crippen LogP contribution in [0, 0.1) is 6.92 Å². The van der Waals surface area contributed by atoms with E-state index in [9.17, 15) is 13.6 Å². The zero-order chi connectivity index (χ0) is 18.8. The Hall–Kier alpha value is -2.38. The van der Waals surface area contributed by atoms with Gasteiger partial charge in [0, 0.05) is 38.2 Å². The van der Waals surface area contributed by atoms with Crippen molar-refractivity contribution in [1.29, 1.82) is 0 Å². The fourth-order valence-electron chi connectivity index (χ4n) is 2.15. The summed E-state index contributed by atoms with van der Waals surface area (Å²) in [5.74, 6) is 0.547. The van der Waals surface area contributed by atoms with Crippen LogP contribution >= 0.6 is 0 Å². The predicted molar refractivity (Wildman–Crippen MR) is 93.9 cm³/mol. The summed E-state index contributed by atoms with van der Waals surface area (Å²) in [5.41, 5.74) is 1.53. The number of carbonyl (C=O) groups excluding carboxylic acids is 1. The highest BCUT2D eigenvalue weighted by Gasteiger charge is 2.11. The highest BCUT2D eigenvalue weighted by atomic mass is 19.3. The number of carbonyl (C=O) groups is 1. The minimum Gasteiger partial charge on any atom is -0.434 e. The molecule has 0 aromatic heterocycles. The maximum atomic E-state index is 12.5. The molecule has 6 nitrogen and oxygen atoms in total. The largest absolute Gasteiger partial charge is 0.434 e. The summed E-state index contributed by atoms with van der Waals surface area (Å²) >= 11 is 0. The smallest absolute Gasteiger partial charge is 0.387 e. The normalized spacial score (nSPS) is 11.6. The molecular weight excluding hydrogens is 330 g/mol. The van der Waals surface area contributed by atoms with Crippen molar-refractivity contribution in [1.82, 2.24) is 16.0 Å². The van der Waals surface area contributed by atoms with E-state index in [1.807, 2.05) is 20.8 Å². The fraction of sp³-hybridized carbons (Fsp3) is 0.529. The monoisotopic (exact) mass is 356 g/mol. The second-order valence-electron chi connectivity index (χ2n) is 5.81. The molecule has 1 aromatic carbocycles. The van der Waals surface area contributed by atoms with E-state index in [0.29, 0.717) is 24.5 Å². The number of hydrogen-bond donors (Lipinski definition) is 3. The van der Waals surface area contributed by atoms with Crippen LogP contribution in [0.15, 0.2) is 23.2 Å². The van der Waals surface area contributed by atoms with Crippen molar-refractivity contribution in [3.05, 3.63) is 29.3 Å². The molecule has 0 atom stereocenters. The van der Waals surface area contributed by atoms with Crippen LogP contribution in [-0.4, -0.2) is 38.1 Å². The Morgan fingerprint density at radius 3 is 2.60 bits per heavy atom. The molecule has 0 bridgehead atoms. The molecule has 0 saturated carbocycles. The highest BCUT2D eigenvalue weighted by Crippen LogP contribution is 2.21. The van der Waals surface area contributed by atoms with Crippen LogP contribution < -0.4 is 20.7 Å². The summed E-state index contributed by atoms with van der Waals surface area (Å²) in [6.45, 7) is 3.46. The summed E-state index contributed by atoms with van der Waals surface area (Å²) in [4.78, 5) is 15.6. The number of aliphatic imine (C=N–C) groups is 1. The number of rotatable bonds is 8. The van der Waals surface area contributed by atoms with Gasteiger partial charge in [-0.1, -0.05) is 17.7 Å². The van der Waals surface area contributed by atoms with Gasteiger partial charge in [0.15, 0.2) is 5.96 Å². The third-order valence-electron chi connectivity index (χ3n) is 3.20. The zero-order valence-electron chi connectivity index (χ0n) is 15.0. The first-order valence-corrected chi connectivity index (χ1v) is 8.10. The van der Waals surface area contributed by atoms with E-state index in [-0.39, 0.29) is 24.2 Å². The molecule has 0 unspecified atom stereocenters. The van der Waals surface area contributed by atoms with Crippen molar-refractivity contribution < 1.29 is 18.3 Å². The Balaban J connectivity index is 2.54. The lowest BCUT2D eigenvalue weighted by Crippen LogP contribution is -2.39. The van der Waals surface area contributed by atoms with E-state index in [2.05, 4.69) is 25.7 Å². The molecule has 0 fully saturated rings. The van der Waals surface area contributed by atoms with Gasteiger partial charge in [0.1, 0.15) is 5.75 Å². The lowest BCUT2D eigenvalue weighted by Gasteiger charge is -2.15. The van der Waals surface area contributed by atoms with E-state index in [0.717, 1.165) is 5.56 Å². The average Bonchev–Trinajstić information content (AvgIpc) is 2.51. The summed E-state index contributed by atoms with van der Waals surface area (Å²) in [7, 11) is 1.59. The third kappa shape index (κ3) is 8.32. The number of aryl methyl sites for hydroxylation is 1. The number of halogens is 2. The van der Waals surface area contributed by atoms with Crippen LogP contribution in [0.2, 0.25) is 0 Å². The van der Waals surface area contributed by atoms with Gasteiger partial charge in [-0.05, 0) is 26.8 Å². The van der Waals surface area contributed by atoms with Crippen LogP contribution in [0.3, 0.4) is 0 Å². The van der Waals surface area contributed by atoms with Gasteiger partial charge in [0.25, 0.3) is 0 Å². The van der Waals surface area contributed by atoms with Crippen molar-refractivity contribution >= 4 is 11.9 Å². The summed E-state index contributed by atoms with van der Waals surface area (Å²) < 4.78 is 29.5. The van der Waals surface area contributed by atoms with Crippen LogP contribution in [-0.2, 0) is 11.3 Å². The van der Waals surface area contributed by atoms with Gasteiger partial charge in [-0.2, -0.15) is 8.78 Å². The maximum absolute atomic E-state index is 12.5. The summed E-state index contributed by atoms with van der Waals surface area (Å²) in [5, 5.41) is 8.83. The molecule has 0 aliphatic carbocycles. The number of nitrogens with zero attached hydrogens (tertiary/aromatic N) is 1. The van der Waals surface area contributed by atoms with E-state index in [1.54, 1.807) is 19.2 Å². The fourth-order valence-corrected chi connectivity index (χ4v) is 2.15. The summed E-state index contributed by atoms with van der Waals surface area (Å²) in [6.07, 6.45) is 0.309. The number of alkyl halides is 2. The van der Waals surface area contributed by atoms with Crippen molar-refractivity contribution in [2.75, 3.05) is 13.6 Å². The molecule has 8 heteroatoms. The van der Waals surface area contributed by atoms with Gasteiger partial charge >= 0.3 is 6.61 Å². The van der Waals surface area contributed by atoms with E-state index in [1.165, 1.54) is 6.07 Å². The van der Waals surface area contributed by atoms with E-state index < -0.39 is 6.61 Å². The molecule has 0 aliphatic rings. The van der Waals surface area contributed by atoms with Gasteiger partial charge in [0.05, 0.1) is 0 Å². The molecule has 0 radical (unpaired) electrons. The summed E-state index contributed by atoms with van der Waals surface area (Å²) in [6, 6.07) is 5.10. The van der Waals surface area contributed by atoms with E-state index in [4.69, 9.17) is 0 Å². The van der Waals surface area contributed by atoms with Crippen molar-refractivity contribution in [3.8, 4) is 5.75 Å². The minimum absolute atomic E-state index is 0.0516. The molecule has 3 N–H and O–H groups in total. The minimum atomic E-state index is -2.88. The van der Waals surface area contributed by atoms with Gasteiger partial charge in [-0.25, -0.2) is 0 Å². The van der Waals surface area contributed by atoms with Gasteiger partial charge in [0.2, 0.25) is 5.91 Å². The first-order chi connectivity index (χ1) is 11.8. The second-order valence-corrected chi connectivity index (χ2v) is 5.81. The Morgan fingerprint density at radius 2 is 2.00 bits per heavy atom. The first-order valence-electron chi connectivity index (χ1n) is 8.10. The average molecular weight is 356 g/mol. The lowest BCUT2D eigenvalue weighted by molar-refractivity contribution is -0.121. The molecule has 0 spiro atoms. The van der Waals surface area contributed by atoms with Crippen LogP contribution in [0.5, 0.6) is 5.75 Å².